The molecule has 5 heteroatoms. The molecule has 1 aliphatic rings. The van der Waals surface area contributed by atoms with Gasteiger partial charge in [-0.1, -0.05) is 12.1 Å². The summed E-state index contributed by atoms with van der Waals surface area (Å²) in [6.07, 6.45) is 0. The summed E-state index contributed by atoms with van der Waals surface area (Å²) in [5.41, 5.74) is -0.445. The summed E-state index contributed by atoms with van der Waals surface area (Å²) in [5, 5.41) is 18.8. The van der Waals surface area contributed by atoms with E-state index in [-0.39, 0.29) is 0 Å². The van der Waals surface area contributed by atoms with Crippen LogP contribution in [-0.4, -0.2) is 42.5 Å². The van der Waals surface area contributed by atoms with Crippen molar-refractivity contribution in [2.75, 3.05) is 31.2 Å². The van der Waals surface area contributed by atoms with Crippen molar-refractivity contribution < 1.29 is 19.7 Å². The van der Waals surface area contributed by atoms with Crippen molar-refractivity contribution in [3.8, 4) is 0 Å². The Morgan fingerprint density at radius 1 is 1.28 bits per heavy atom. The molecule has 0 aromatic heterocycles. The molecule has 1 saturated heterocycles. The van der Waals surface area contributed by atoms with Crippen LogP contribution in [0.4, 0.5) is 5.69 Å². The minimum Gasteiger partial charge on any atom is -0.479 e. The van der Waals surface area contributed by atoms with Crippen molar-refractivity contribution >= 4 is 11.7 Å². The molecule has 2 rings (SSSR count). The van der Waals surface area contributed by atoms with Crippen LogP contribution in [0, 0.1) is 0 Å². The molecule has 1 unspecified atom stereocenters. The lowest BCUT2D eigenvalue weighted by atomic mass is 9.96. The standard InChI is InChI=1S/C13H17NO4/c1-13(17,12(15)16)10-2-4-11(5-3-10)14-6-8-18-9-7-14/h2-5,17H,6-9H2,1H3,(H,15,16). The Morgan fingerprint density at radius 2 is 1.83 bits per heavy atom. The summed E-state index contributed by atoms with van der Waals surface area (Å²) in [4.78, 5) is 13.1. The molecule has 1 aromatic carbocycles. The Balaban J connectivity index is 2.17. The molecule has 0 radical (unpaired) electrons. The van der Waals surface area contributed by atoms with Gasteiger partial charge in [0.15, 0.2) is 5.60 Å². The fourth-order valence-corrected chi connectivity index (χ4v) is 1.94. The second-order valence-electron chi connectivity index (χ2n) is 4.52. The van der Waals surface area contributed by atoms with Crippen molar-refractivity contribution in [1.82, 2.24) is 0 Å². The zero-order valence-electron chi connectivity index (χ0n) is 10.3. The second kappa shape index (κ2) is 4.96. The first-order valence-corrected chi connectivity index (χ1v) is 5.91. The van der Waals surface area contributed by atoms with E-state index in [1.54, 1.807) is 12.1 Å². The number of carbonyl (C=O) groups is 1. The highest BCUT2D eigenvalue weighted by atomic mass is 16.5. The highest BCUT2D eigenvalue weighted by Gasteiger charge is 2.32. The molecule has 5 nitrogen and oxygen atoms in total. The van der Waals surface area contributed by atoms with Crippen LogP contribution >= 0.6 is 0 Å². The summed E-state index contributed by atoms with van der Waals surface area (Å²) in [5.74, 6) is -1.25. The summed E-state index contributed by atoms with van der Waals surface area (Å²) in [6.45, 7) is 4.34. The van der Waals surface area contributed by atoms with Crippen LogP contribution in [0.2, 0.25) is 0 Å². The number of carboxylic acid groups (broad SMARTS) is 1. The molecule has 0 amide bonds. The van der Waals surface area contributed by atoms with Gasteiger partial charge in [-0.2, -0.15) is 0 Å². The summed E-state index contributed by atoms with van der Waals surface area (Å²) in [7, 11) is 0. The monoisotopic (exact) mass is 251 g/mol. The SMILES string of the molecule is CC(O)(C(=O)O)c1ccc(N2CCOCC2)cc1. The highest BCUT2D eigenvalue weighted by molar-refractivity contribution is 5.78. The Morgan fingerprint density at radius 3 is 2.33 bits per heavy atom. The zero-order valence-corrected chi connectivity index (χ0v) is 10.3. The third-order valence-electron chi connectivity index (χ3n) is 3.22. The number of ether oxygens (including phenoxy) is 1. The van der Waals surface area contributed by atoms with Crippen LogP contribution in [0.15, 0.2) is 24.3 Å². The smallest absolute Gasteiger partial charge is 0.340 e. The number of benzene rings is 1. The van der Waals surface area contributed by atoms with Gasteiger partial charge in [0.25, 0.3) is 0 Å². The van der Waals surface area contributed by atoms with E-state index in [0.29, 0.717) is 18.8 Å². The largest absolute Gasteiger partial charge is 0.479 e. The van der Waals surface area contributed by atoms with Crippen molar-refractivity contribution in [1.29, 1.82) is 0 Å². The van der Waals surface area contributed by atoms with Gasteiger partial charge in [0.05, 0.1) is 13.2 Å². The number of aliphatic carboxylic acids is 1. The molecule has 1 aliphatic heterocycles. The molecule has 0 aliphatic carbocycles. The molecule has 1 atom stereocenters. The summed E-state index contributed by atoms with van der Waals surface area (Å²) in [6, 6.07) is 6.97. The van der Waals surface area contributed by atoms with Crippen molar-refractivity contribution in [3.63, 3.8) is 0 Å². The predicted octanol–water partition coefficient (Wildman–Crippen LogP) is 0.815. The molecule has 18 heavy (non-hydrogen) atoms. The van der Waals surface area contributed by atoms with E-state index in [4.69, 9.17) is 9.84 Å². The van der Waals surface area contributed by atoms with Gasteiger partial charge in [0.1, 0.15) is 0 Å². The number of morpholine rings is 1. The van der Waals surface area contributed by atoms with E-state index < -0.39 is 11.6 Å². The Kier molecular flexibility index (Phi) is 3.54. The molecule has 1 fully saturated rings. The van der Waals surface area contributed by atoms with E-state index in [0.717, 1.165) is 18.8 Å². The number of hydrogen-bond acceptors (Lipinski definition) is 4. The average molecular weight is 251 g/mol. The van der Waals surface area contributed by atoms with Gasteiger partial charge < -0.3 is 19.8 Å². The van der Waals surface area contributed by atoms with Gasteiger partial charge in [-0.25, -0.2) is 4.79 Å². The van der Waals surface area contributed by atoms with Crippen LogP contribution in [0.1, 0.15) is 12.5 Å². The number of nitrogens with zero attached hydrogens (tertiary/aromatic N) is 1. The Bertz CT molecular complexity index is 421. The molecule has 1 heterocycles. The third-order valence-corrected chi connectivity index (χ3v) is 3.22. The van der Waals surface area contributed by atoms with E-state index >= 15 is 0 Å². The fourth-order valence-electron chi connectivity index (χ4n) is 1.94. The van der Waals surface area contributed by atoms with E-state index in [1.807, 2.05) is 12.1 Å². The highest BCUT2D eigenvalue weighted by Crippen LogP contribution is 2.24. The third kappa shape index (κ3) is 2.47. The first kappa shape index (κ1) is 12.9. The first-order valence-electron chi connectivity index (χ1n) is 5.91. The number of aliphatic hydroxyl groups is 1. The lowest BCUT2D eigenvalue weighted by Crippen LogP contribution is -2.36. The maximum atomic E-state index is 10.9. The Hall–Kier alpha value is -1.59. The van der Waals surface area contributed by atoms with Gasteiger partial charge in [-0.3, -0.25) is 0 Å². The van der Waals surface area contributed by atoms with Crippen LogP contribution in [0.3, 0.4) is 0 Å². The predicted molar refractivity (Wildman–Crippen MR) is 66.7 cm³/mol. The van der Waals surface area contributed by atoms with Crippen LogP contribution in [0.5, 0.6) is 0 Å². The van der Waals surface area contributed by atoms with Crippen LogP contribution < -0.4 is 4.90 Å². The minimum absolute atomic E-state index is 0.381. The molecule has 2 N–H and O–H groups in total. The van der Waals surface area contributed by atoms with Crippen molar-refractivity contribution in [2.24, 2.45) is 0 Å². The summed E-state index contributed by atoms with van der Waals surface area (Å²) >= 11 is 0. The topological polar surface area (TPSA) is 70.0 Å². The lowest BCUT2D eigenvalue weighted by Gasteiger charge is -2.29. The molecule has 0 bridgehead atoms. The van der Waals surface area contributed by atoms with Gasteiger partial charge in [0, 0.05) is 18.8 Å². The molecule has 1 aromatic rings. The molecule has 0 spiro atoms. The van der Waals surface area contributed by atoms with E-state index in [9.17, 15) is 9.90 Å². The molecule has 0 saturated carbocycles. The number of carboxylic acids is 1. The second-order valence-corrected chi connectivity index (χ2v) is 4.52. The van der Waals surface area contributed by atoms with Gasteiger partial charge >= 0.3 is 5.97 Å². The minimum atomic E-state index is -1.84. The quantitative estimate of drug-likeness (QED) is 0.832. The maximum absolute atomic E-state index is 10.9. The number of hydrogen-bond donors (Lipinski definition) is 2. The van der Waals surface area contributed by atoms with Gasteiger partial charge in [0.2, 0.25) is 0 Å². The van der Waals surface area contributed by atoms with Gasteiger partial charge in [-0.05, 0) is 24.6 Å². The molecule has 98 valence electrons. The van der Waals surface area contributed by atoms with E-state index in [2.05, 4.69) is 4.90 Å². The van der Waals surface area contributed by atoms with Crippen LogP contribution in [-0.2, 0) is 15.1 Å². The molecular weight excluding hydrogens is 234 g/mol. The normalized spacial score (nSPS) is 19.3. The van der Waals surface area contributed by atoms with Crippen molar-refractivity contribution in [3.05, 3.63) is 29.8 Å². The maximum Gasteiger partial charge on any atom is 0.340 e. The van der Waals surface area contributed by atoms with E-state index in [1.165, 1.54) is 6.92 Å². The Labute approximate surface area is 106 Å². The first-order chi connectivity index (χ1) is 8.51. The molecular formula is C13H17NO4. The fraction of sp³-hybridized carbons (Fsp3) is 0.462. The summed E-state index contributed by atoms with van der Waals surface area (Å²) < 4.78 is 5.27. The van der Waals surface area contributed by atoms with Crippen molar-refractivity contribution in [2.45, 2.75) is 12.5 Å². The number of anilines is 1. The lowest BCUT2D eigenvalue weighted by molar-refractivity contribution is -0.157. The van der Waals surface area contributed by atoms with Gasteiger partial charge in [-0.15, -0.1) is 0 Å². The number of rotatable bonds is 3. The van der Waals surface area contributed by atoms with Crippen LogP contribution in [0.25, 0.3) is 0 Å². The average Bonchev–Trinajstić information content (AvgIpc) is 2.40. The zero-order chi connectivity index (χ0) is 13.2.